The van der Waals surface area contributed by atoms with Gasteiger partial charge in [-0.05, 0) is 38.5 Å². The molecule has 0 aliphatic carbocycles. The molecule has 0 atom stereocenters. The van der Waals surface area contributed by atoms with Gasteiger partial charge in [-0.15, -0.1) is 10.2 Å². The Morgan fingerprint density at radius 3 is 3.04 bits per heavy atom. The van der Waals surface area contributed by atoms with Gasteiger partial charge in [0.2, 0.25) is 0 Å². The van der Waals surface area contributed by atoms with Crippen LogP contribution in [0.2, 0.25) is 0 Å². The van der Waals surface area contributed by atoms with Crippen molar-refractivity contribution in [1.82, 2.24) is 24.6 Å². The van der Waals surface area contributed by atoms with E-state index in [1.807, 2.05) is 32.0 Å². The maximum absolute atomic E-state index is 12.6. The third kappa shape index (κ3) is 3.05. The number of carbonyl (C=O) groups excluding carboxylic acids is 1. The predicted octanol–water partition coefficient (Wildman–Crippen LogP) is 2.26. The van der Waals surface area contributed by atoms with Crippen LogP contribution in [0.5, 0.6) is 0 Å². The highest BCUT2D eigenvalue weighted by atomic mass is 16.3. The largest absolute Gasteiger partial charge is 0.467 e. The van der Waals surface area contributed by atoms with Crippen molar-refractivity contribution in [2.45, 2.75) is 46.2 Å². The number of hydrogen-bond acceptors (Lipinski definition) is 4. The Bertz CT molecular complexity index is 920. The quantitative estimate of drug-likeness (QED) is 0.737. The third-order valence-electron chi connectivity index (χ3n) is 5.03. The molecule has 0 spiro atoms. The van der Waals surface area contributed by atoms with Gasteiger partial charge in [-0.2, -0.15) is 0 Å². The minimum Gasteiger partial charge on any atom is -0.467 e. The molecular weight excluding hydrogens is 330 g/mol. The molecule has 0 saturated heterocycles. The van der Waals surface area contributed by atoms with Crippen LogP contribution in [-0.2, 0) is 25.9 Å². The lowest BCUT2D eigenvalue weighted by atomic mass is 10.2. The molecule has 3 aromatic rings. The van der Waals surface area contributed by atoms with Crippen molar-refractivity contribution in [2.24, 2.45) is 0 Å². The molecular formula is C19H23N5O2. The van der Waals surface area contributed by atoms with Crippen LogP contribution >= 0.6 is 0 Å². The van der Waals surface area contributed by atoms with Gasteiger partial charge in [0.15, 0.2) is 0 Å². The van der Waals surface area contributed by atoms with Gasteiger partial charge in [0.05, 0.1) is 18.4 Å². The van der Waals surface area contributed by atoms with Crippen molar-refractivity contribution in [3.8, 4) is 0 Å². The normalized spacial score (nSPS) is 13.2. The highest BCUT2D eigenvalue weighted by Gasteiger charge is 2.19. The topological polar surface area (TPSA) is 77.9 Å². The molecule has 26 heavy (non-hydrogen) atoms. The van der Waals surface area contributed by atoms with Crippen LogP contribution in [-0.4, -0.2) is 31.8 Å². The molecule has 0 aromatic carbocycles. The molecule has 136 valence electrons. The summed E-state index contributed by atoms with van der Waals surface area (Å²) in [6.45, 7) is 6.14. The number of aromatic nitrogens is 4. The number of hydrogen-bond donors (Lipinski definition) is 1. The molecule has 7 nitrogen and oxygen atoms in total. The van der Waals surface area contributed by atoms with Gasteiger partial charge in [-0.25, -0.2) is 0 Å². The van der Waals surface area contributed by atoms with E-state index >= 15 is 0 Å². The van der Waals surface area contributed by atoms with Crippen LogP contribution in [0.15, 0.2) is 28.9 Å². The first-order valence-corrected chi connectivity index (χ1v) is 9.01. The smallest absolute Gasteiger partial charge is 0.253 e. The zero-order chi connectivity index (χ0) is 18.1. The van der Waals surface area contributed by atoms with Crippen molar-refractivity contribution >= 4 is 5.91 Å². The number of nitrogens with one attached hydrogen (secondary N) is 1. The van der Waals surface area contributed by atoms with E-state index < -0.39 is 0 Å². The summed E-state index contributed by atoms with van der Waals surface area (Å²) in [4.78, 5) is 12.6. The van der Waals surface area contributed by atoms with Crippen molar-refractivity contribution in [3.05, 3.63) is 58.8 Å². The highest BCUT2D eigenvalue weighted by Crippen LogP contribution is 2.18. The summed E-state index contributed by atoms with van der Waals surface area (Å²) in [5.74, 6) is 2.85. The van der Waals surface area contributed by atoms with Crippen molar-refractivity contribution in [2.75, 3.05) is 6.54 Å². The molecule has 0 bridgehead atoms. The fourth-order valence-corrected chi connectivity index (χ4v) is 3.61. The van der Waals surface area contributed by atoms with Gasteiger partial charge >= 0.3 is 0 Å². The summed E-state index contributed by atoms with van der Waals surface area (Å²) >= 11 is 0. The van der Waals surface area contributed by atoms with Gasteiger partial charge < -0.3 is 18.9 Å². The Balaban J connectivity index is 1.40. The fourth-order valence-electron chi connectivity index (χ4n) is 3.61. The van der Waals surface area contributed by atoms with Crippen LogP contribution in [0.1, 0.15) is 45.6 Å². The molecule has 1 N–H and O–H groups in total. The van der Waals surface area contributed by atoms with E-state index in [0.29, 0.717) is 25.1 Å². The van der Waals surface area contributed by atoms with Crippen LogP contribution in [0.3, 0.4) is 0 Å². The Kier molecular flexibility index (Phi) is 4.36. The average Bonchev–Trinajstić information content (AvgIpc) is 3.38. The molecule has 1 aliphatic heterocycles. The average molecular weight is 353 g/mol. The van der Waals surface area contributed by atoms with Crippen LogP contribution in [0.25, 0.3) is 0 Å². The molecule has 0 radical (unpaired) electrons. The Morgan fingerprint density at radius 1 is 1.35 bits per heavy atom. The van der Waals surface area contributed by atoms with Crippen LogP contribution in [0, 0.1) is 13.8 Å². The molecule has 3 aromatic heterocycles. The number of aryl methyl sites for hydroxylation is 2. The van der Waals surface area contributed by atoms with E-state index in [2.05, 4.69) is 24.6 Å². The molecule has 0 fully saturated rings. The molecule has 1 aliphatic rings. The van der Waals surface area contributed by atoms with E-state index in [-0.39, 0.29) is 5.91 Å². The van der Waals surface area contributed by atoms with Crippen LogP contribution < -0.4 is 5.32 Å². The van der Waals surface area contributed by atoms with Crippen molar-refractivity contribution in [3.63, 3.8) is 0 Å². The van der Waals surface area contributed by atoms with Gasteiger partial charge in [0, 0.05) is 37.3 Å². The zero-order valence-corrected chi connectivity index (χ0v) is 15.2. The first-order chi connectivity index (χ1) is 12.6. The SMILES string of the molecule is Cc1cc(C(=O)NCCc2nnc3n2CCC3)c(C)n1Cc1ccco1. The molecule has 4 rings (SSSR count). The standard InChI is InChI=1S/C19H23N5O2/c1-13-11-16(14(2)24(13)12-15-5-4-10-26-15)19(25)20-8-7-18-22-21-17-6-3-9-23(17)18/h4-5,10-11H,3,6-9,12H2,1-2H3,(H,20,25). The number of fused-ring (bicyclic) bond motifs is 1. The highest BCUT2D eigenvalue weighted by molar-refractivity contribution is 5.95. The molecule has 7 heteroatoms. The summed E-state index contributed by atoms with van der Waals surface area (Å²) in [5, 5.41) is 11.4. The van der Waals surface area contributed by atoms with E-state index in [9.17, 15) is 4.79 Å². The van der Waals surface area contributed by atoms with Gasteiger partial charge in [-0.1, -0.05) is 0 Å². The lowest BCUT2D eigenvalue weighted by molar-refractivity contribution is 0.0953. The number of nitrogens with zero attached hydrogens (tertiary/aromatic N) is 4. The fraction of sp³-hybridized carbons (Fsp3) is 0.421. The van der Waals surface area contributed by atoms with Crippen molar-refractivity contribution < 1.29 is 9.21 Å². The number of carbonyl (C=O) groups is 1. The first-order valence-electron chi connectivity index (χ1n) is 9.01. The second-order valence-corrected chi connectivity index (χ2v) is 6.74. The second kappa shape index (κ2) is 6.82. The van der Waals surface area contributed by atoms with Gasteiger partial charge in [0.25, 0.3) is 5.91 Å². The Morgan fingerprint density at radius 2 is 2.23 bits per heavy atom. The van der Waals surface area contributed by atoms with E-state index in [0.717, 1.165) is 48.2 Å². The summed E-state index contributed by atoms with van der Waals surface area (Å²) in [5.41, 5.74) is 2.69. The lowest BCUT2D eigenvalue weighted by Gasteiger charge is -2.08. The maximum Gasteiger partial charge on any atom is 0.253 e. The van der Waals surface area contributed by atoms with Gasteiger partial charge in [0.1, 0.15) is 17.4 Å². The molecule has 0 unspecified atom stereocenters. The molecule has 0 saturated carbocycles. The summed E-state index contributed by atoms with van der Waals surface area (Å²) < 4.78 is 9.69. The molecule has 1 amide bonds. The van der Waals surface area contributed by atoms with E-state index in [1.165, 1.54) is 0 Å². The number of furan rings is 1. The zero-order valence-electron chi connectivity index (χ0n) is 15.2. The number of amides is 1. The first kappa shape index (κ1) is 16.6. The lowest BCUT2D eigenvalue weighted by Crippen LogP contribution is -2.27. The Hall–Kier alpha value is -2.83. The second-order valence-electron chi connectivity index (χ2n) is 6.74. The monoisotopic (exact) mass is 353 g/mol. The van der Waals surface area contributed by atoms with Gasteiger partial charge in [-0.3, -0.25) is 4.79 Å². The minimum absolute atomic E-state index is 0.0510. The third-order valence-corrected chi connectivity index (χ3v) is 5.03. The molecule has 4 heterocycles. The summed E-state index contributed by atoms with van der Waals surface area (Å²) in [6, 6.07) is 5.75. The summed E-state index contributed by atoms with van der Waals surface area (Å²) in [6.07, 6.45) is 4.50. The number of rotatable bonds is 6. The minimum atomic E-state index is -0.0510. The van der Waals surface area contributed by atoms with Crippen LogP contribution in [0.4, 0.5) is 0 Å². The maximum atomic E-state index is 12.6. The van der Waals surface area contributed by atoms with E-state index in [1.54, 1.807) is 6.26 Å². The van der Waals surface area contributed by atoms with E-state index in [4.69, 9.17) is 4.42 Å². The Labute approximate surface area is 152 Å². The summed E-state index contributed by atoms with van der Waals surface area (Å²) in [7, 11) is 0. The van der Waals surface area contributed by atoms with Crippen molar-refractivity contribution in [1.29, 1.82) is 0 Å². The predicted molar refractivity (Wildman–Crippen MR) is 96.1 cm³/mol.